The molecule has 0 atom stereocenters. The highest BCUT2D eigenvalue weighted by molar-refractivity contribution is 5.81. The number of ether oxygens (including phenoxy) is 1. The second-order valence-corrected chi connectivity index (χ2v) is 4.58. The van der Waals surface area contributed by atoms with E-state index >= 15 is 0 Å². The Kier molecular flexibility index (Phi) is 11.1. The minimum atomic E-state index is -0.222. The molecule has 0 radical (unpaired) electrons. The normalized spacial score (nSPS) is 11.3. The van der Waals surface area contributed by atoms with E-state index in [2.05, 4.69) is 6.92 Å². The van der Waals surface area contributed by atoms with Crippen LogP contribution in [0.25, 0.3) is 0 Å². The topological polar surface area (TPSA) is 29.5 Å². The van der Waals surface area contributed by atoms with Crippen molar-refractivity contribution in [3.8, 4) is 0 Å². The molecule has 0 N–H and O–H groups in total. The Balaban J connectivity index is 3.34. The first-order valence-corrected chi connectivity index (χ1v) is 6.64. The van der Waals surface area contributed by atoms with Gasteiger partial charge in [-0.1, -0.05) is 38.7 Å². The maximum absolute atomic E-state index is 11.2. The Morgan fingerprint density at radius 2 is 1.88 bits per heavy atom. The lowest BCUT2D eigenvalue weighted by atomic mass is 10.1. The van der Waals surface area contributed by atoms with Crippen LogP contribution in [0.1, 0.15) is 45.4 Å². The van der Waals surface area contributed by atoms with Gasteiger partial charge in [-0.15, -0.1) is 0 Å². The monoisotopic (exact) mass is 241 g/mol. The molecule has 17 heavy (non-hydrogen) atoms. The molecule has 100 valence electrons. The zero-order valence-corrected chi connectivity index (χ0v) is 11.6. The predicted molar refractivity (Wildman–Crippen MR) is 72.0 cm³/mol. The lowest BCUT2D eigenvalue weighted by Crippen LogP contribution is -2.19. The van der Waals surface area contributed by atoms with Gasteiger partial charge in [0.25, 0.3) is 0 Å². The Morgan fingerprint density at radius 1 is 1.18 bits per heavy atom. The molecular weight excluding hydrogens is 214 g/mol. The van der Waals surface area contributed by atoms with E-state index in [1.807, 2.05) is 25.1 Å². The van der Waals surface area contributed by atoms with Crippen LogP contribution in [-0.2, 0) is 9.53 Å². The molecule has 0 aromatic carbocycles. The maximum Gasteiger partial charge on any atom is 0.330 e. The van der Waals surface area contributed by atoms with Crippen molar-refractivity contribution < 1.29 is 9.53 Å². The van der Waals surface area contributed by atoms with E-state index in [1.54, 1.807) is 6.08 Å². The highest BCUT2D eigenvalue weighted by Crippen LogP contribution is 2.05. The fraction of sp³-hybridized carbons (Fsp3) is 0.786. The third-order valence-corrected chi connectivity index (χ3v) is 2.51. The standard InChI is InChI=1S/C14H27NO2/c1-4-5-6-7-8-9-10-11-14(16)17-13-12-15(2)3/h10-11H,4-9,12-13H2,1-3H3. The van der Waals surface area contributed by atoms with Crippen LogP contribution < -0.4 is 0 Å². The molecule has 0 saturated heterocycles. The van der Waals surface area contributed by atoms with E-state index < -0.39 is 0 Å². The third-order valence-electron chi connectivity index (χ3n) is 2.51. The second-order valence-electron chi connectivity index (χ2n) is 4.58. The lowest BCUT2D eigenvalue weighted by molar-refractivity contribution is -0.138. The van der Waals surface area contributed by atoms with Crippen LogP contribution in [0.4, 0.5) is 0 Å². The van der Waals surface area contributed by atoms with Gasteiger partial charge >= 0.3 is 5.97 Å². The Morgan fingerprint density at radius 3 is 2.53 bits per heavy atom. The average molecular weight is 241 g/mol. The average Bonchev–Trinajstić information content (AvgIpc) is 2.27. The van der Waals surface area contributed by atoms with Crippen molar-refractivity contribution in [1.82, 2.24) is 4.90 Å². The van der Waals surface area contributed by atoms with Crippen LogP contribution in [0.3, 0.4) is 0 Å². The van der Waals surface area contributed by atoms with Gasteiger partial charge in [-0.05, 0) is 26.9 Å². The number of carbonyl (C=O) groups excluding carboxylic acids is 1. The summed E-state index contributed by atoms with van der Waals surface area (Å²) in [5.74, 6) is -0.222. The number of esters is 1. The Bertz CT molecular complexity index is 212. The van der Waals surface area contributed by atoms with Gasteiger partial charge in [0, 0.05) is 12.6 Å². The lowest BCUT2D eigenvalue weighted by Gasteiger charge is -2.08. The van der Waals surface area contributed by atoms with E-state index in [1.165, 1.54) is 32.1 Å². The zero-order chi connectivity index (χ0) is 12.9. The van der Waals surface area contributed by atoms with Gasteiger partial charge in [-0.3, -0.25) is 0 Å². The van der Waals surface area contributed by atoms with Crippen molar-refractivity contribution in [1.29, 1.82) is 0 Å². The molecule has 3 nitrogen and oxygen atoms in total. The molecule has 0 unspecified atom stereocenters. The van der Waals surface area contributed by atoms with Crippen LogP contribution in [0.15, 0.2) is 12.2 Å². The number of unbranched alkanes of at least 4 members (excludes halogenated alkanes) is 5. The van der Waals surface area contributed by atoms with Crippen molar-refractivity contribution in [3.63, 3.8) is 0 Å². The smallest absolute Gasteiger partial charge is 0.330 e. The molecule has 0 aromatic rings. The summed E-state index contributed by atoms with van der Waals surface area (Å²) < 4.78 is 5.03. The first-order chi connectivity index (χ1) is 8.16. The minimum Gasteiger partial charge on any atom is -0.461 e. The number of nitrogens with zero attached hydrogens (tertiary/aromatic N) is 1. The van der Waals surface area contributed by atoms with Gasteiger partial charge < -0.3 is 9.64 Å². The molecule has 0 fully saturated rings. The van der Waals surface area contributed by atoms with Crippen molar-refractivity contribution >= 4 is 5.97 Å². The van der Waals surface area contributed by atoms with Crippen molar-refractivity contribution in [2.45, 2.75) is 45.4 Å². The van der Waals surface area contributed by atoms with Gasteiger partial charge in [-0.25, -0.2) is 4.79 Å². The molecule has 3 heteroatoms. The fourth-order valence-electron chi connectivity index (χ4n) is 1.42. The molecule has 0 aliphatic rings. The molecule has 0 amide bonds. The molecule has 0 aromatic heterocycles. The van der Waals surface area contributed by atoms with E-state index in [0.717, 1.165) is 13.0 Å². The minimum absolute atomic E-state index is 0.222. The quantitative estimate of drug-likeness (QED) is 0.334. The summed E-state index contributed by atoms with van der Waals surface area (Å²) in [6, 6.07) is 0. The highest BCUT2D eigenvalue weighted by atomic mass is 16.5. The summed E-state index contributed by atoms with van der Waals surface area (Å²) in [5.41, 5.74) is 0. The summed E-state index contributed by atoms with van der Waals surface area (Å²) in [4.78, 5) is 13.2. The summed E-state index contributed by atoms with van der Waals surface area (Å²) in [7, 11) is 3.92. The van der Waals surface area contributed by atoms with Gasteiger partial charge in [0.2, 0.25) is 0 Å². The highest BCUT2D eigenvalue weighted by Gasteiger charge is 1.96. The van der Waals surface area contributed by atoms with Crippen molar-refractivity contribution in [2.75, 3.05) is 27.2 Å². The van der Waals surface area contributed by atoms with E-state index in [9.17, 15) is 4.79 Å². The van der Waals surface area contributed by atoms with Gasteiger partial charge in [-0.2, -0.15) is 0 Å². The SMILES string of the molecule is CCCCCCCC=CC(=O)OCCN(C)C. The van der Waals surface area contributed by atoms with Crippen LogP contribution in [0.2, 0.25) is 0 Å². The van der Waals surface area contributed by atoms with E-state index in [4.69, 9.17) is 4.74 Å². The fourth-order valence-corrected chi connectivity index (χ4v) is 1.42. The molecule has 0 rings (SSSR count). The van der Waals surface area contributed by atoms with Crippen LogP contribution in [-0.4, -0.2) is 38.1 Å². The molecule has 0 aliphatic heterocycles. The van der Waals surface area contributed by atoms with Crippen molar-refractivity contribution in [2.24, 2.45) is 0 Å². The number of rotatable bonds is 10. The van der Waals surface area contributed by atoms with Gasteiger partial charge in [0.05, 0.1) is 0 Å². The van der Waals surface area contributed by atoms with Crippen molar-refractivity contribution in [3.05, 3.63) is 12.2 Å². The van der Waals surface area contributed by atoms with Gasteiger partial charge in [0.15, 0.2) is 0 Å². The molecular formula is C14H27NO2. The first kappa shape index (κ1) is 16.2. The molecule has 0 heterocycles. The van der Waals surface area contributed by atoms with Crippen LogP contribution >= 0.6 is 0 Å². The molecule has 0 aliphatic carbocycles. The second kappa shape index (κ2) is 11.6. The number of carbonyl (C=O) groups is 1. The van der Waals surface area contributed by atoms with Crippen LogP contribution in [0.5, 0.6) is 0 Å². The Hall–Kier alpha value is -0.830. The number of hydrogen-bond acceptors (Lipinski definition) is 3. The third kappa shape index (κ3) is 13.1. The molecule has 0 saturated carbocycles. The van der Waals surface area contributed by atoms with Gasteiger partial charge in [0.1, 0.15) is 6.61 Å². The van der Waals surface area contributed by atoms with Crippen LogP contribution in [0, 0.1) is 0 Å². The molecule has 0 bridgehead atoms. The predicted octanol–water partition coefficient (Wildman–Crippen LogP) is 3.01. The summed E-state index contributed by atoms with van der Waals surface area (Å²) in [6.45, 7) is 3.45. The molecule has 0 spiro atoms. The van der Waals surface area contributed by atoms with E-state index in [0.29, 0.717) is 6.61 Å². The van der Waals surface area contributed by atoms with E-state index in [-0.39, 0.29) is 5.97 Å². The summed E-state index contributed by atoms with van der Waals surface area (Å²) in [5, 5.41) is 0. The summed E-state index contributed by atoms with van der Waals surface area (Å²) >= 11 is 0. The maximum atomic E-state index is 11.2. The number of allylic oxidation sites excluding steroid dienone is 1. The number of likely N-dealkylation sites (N-methyl/N-ethyl adjacent to an activating group) is 1. The Labute approximate surface area is 106 Å². The number of hydrogen-bond donors (Lipinski definition) is 0. The first-order valence-electron chi connectivity index (χ1n) is 6.64. The summed E-state index contributed by atoms with van der Waals surface area (Å²) in [6.07, 6.45) is 10.8. The largest absolute Gasteiger partial charge is 0.461 e. The zero-order valence-electron chi connectivity index (χ0n) is 11.6.